The van der Waals surface area contributed by atoms with Crippen LogP contribution in [0.15, 0.2) is 47.4 Å². The summed E-state index contributed by atoms with van der Waals surface area (Å²) >= 11 is 0. The van der Waals surface area contributed by atoms with E-state index in [9.17, 15) is 13.2 Å². The van der Waals surface area contributed by atoms with Gasteiger partial charge >= 0.3 is 5.97 Å². The summed E-state index contributed by atoms with van der Waals surface area (Å²) in [6.07, 6.45) is 4.08. The van der Waals surface area contributed by atoms with E-state index in [1.54, 1.807) is 6.07 Å². The average molecular weight is 474 g/mol. The van der Waals surface area contributed by atoms with Gasteiger partial charge in [0.05, 0.1) is 24.3 Å². The van der Waals surface area contributed by atoms with Crippen molar-refractivity contribution in [2.75, 3.05) is 31.2 Å². The molecule has 0 saturated carbocycles. The van der Waals surface area contributed by atoms with Crippen LogP contribution in [-0.2, 0) is 25.9 Å². The number of para-hydroxylation sites is 1. The molecular formula is C25H31NO6S. The predicted molar refractivity (Wildman–Crippen MR) is 125 cm³/mol. The number of anilines is 1. The number of hydrogen-bond donors (Lipinski definition) is 0. The molecule has 2 aliphatic rings. The van der Waals surface area contributed by atoms with Gasteiger partial charge in [0, 0.05) is 19.3 Å². The predicted octanol–water partition coefficient (Wildman–Crippen LogP) is 4.20. The molecule has 0 aliphatic carbocycles. The number of hydrogen-bond acceptors (Lipinski definition) is 6. The highest BCUT2D eigenvalue weighted by molar-refractivity contribution is 7.92. The van der Waals surface area contributed by atoms with Gasteiger partial charge in [-0.3, -0.25) is 4.31 Å². The Hall–Kier alpha value is -2.58. The molecule has 0 amide bonds. The molecule has 1 saturated heterocycles. The molecule has 0 N–H and O–H groups in total. The molecule has 0 radical (unpaired) electrons. The SMILES string of the molecule is CCC1CCc2ccccc2N1S(=O)(=O)c1ccc(OCC2CCOCC2)c(C(=O)OC)c1. The minimum absolute atomic E-state index is 0.0523. The Kier molecular flexibility index (Phi) is 7.24. The van der Waals surface area contributed by atoms with E-state index in [2.05, 4.69) is 0 Å². The van der Waals surface area contributed by atoms with Crippen molar-refractivity contribution >= 4 is 21.7 Å². The minimum Gasteiger partial charge on any atom is -0.492 e. The third-order valence-electron chi connectivity index (χ3n) is 6.51. The minimum atomic E-state index is -3.90. The molecule has 1 fully saturated rings. The Bertz CT molecular complexity index is 1090. The maximum absolute atomic E-state index is 13.8. The zero-order valence-electron chi connectivity index (χ0n) is 19.2. The van der Waals surface area contributed by atoms with Crippen LogP contribution in [0.2, 0.25) is 0 Å². The molecule has 2 heterocycles. The molecule has 1 atom stereocenters. The lowest BCUT2D eigenvalue weighted by Gasteiger charge is -2.37. The third kappa shape index (κ3) is 4.87. The molecule has 2 aromatic carbocycles. The molecule has 0 bridgehead atoms. The van der Waals surface area contributed by atoms with Crippen molar-refractivity contribution in [3.05, 3.63) is 53.6 Å². The summed E-state index contributed by atoms with van der Waals surface area (Å²) in [5.41, 5.74) is 1.83. The van der Waals surface area contributed by atoms with Crippen molar-refractivity contribution in [3.8, 4) is 5.75 Å². The number of nitrogens with zero attached hydrogens (tertiary/aromatic N) is 1. The second-order valence-corrected chi connectivity index (χ2v) is 10.4. The van der Waals surface area contributed by atoms with Gasteiger partial charge in [0.2, 0.25) is 0 Å². The first-order valence-corrected chi connectivity index (χ1v) is 12.9. The molecule has 1 unspecified atom stereocenters. The maximum Gasteiger partial charge on any atom is 0.341 e. The van der Waals surface area contributed by atoms with Crippen molar-refractivity contribution < 1.29 is 27.4 Å². The second kappa shape index (κ2) is 10.1. The highest BCUT2D eigenvalue weighted by atomic mass is 32.2. The first-order chi connectivity index (χ1) is 16.0. The number of methoxy groups -OCH3 is 1. The number of esters is 1. The lowest BCUT2D eigenvalue weighted by atomic mass is 9.97. The van der Waals surface area contributed by atoms with Crippen LogP contribution < -0.4 is 9.04 Å². The van der Waals surface area contributed by atoms with Crippen molar-refractivity contribution in [1.82, 2.24) is 0 Å². The Morgan fingerprint density at radius 1 is 1.12 bits per heavy atom. The molecule has 33 heavy (non-hydrogen) atoms. The molecular weight excluding hydrogens is 442 g/mol. The fraction of sp³-hybridized carbons (Fsp3) is 0.480. The monoisotopic (exact) mass is 473 g/mol. The van der Waals surface area contributed by atoms with Crippen LogP contribution in [0, 0.1) is 5.92 Å². The first kappa shape index (κ1) is 23.6. The smallest absolute Gasteiger partial charge is 0.341 e. The summed E-state index contributed by atoms with van der Waals surface area (Å²) in [5.74, 6) is 0.0429. The molecule has 4 rings (SSSR count). The van der Waals surface area contributed by atoms with E-state index in [0.717, 1.165) is 31.2 Å². The standard InChI is InChI=1S/C25H31NO6S/c1-3-20-9-8-19-6-4-5-7-23(19)26(20)33(28,29)21-10-11-24(22(16-21)25(27)30-2)32-17-18-12-14-31-15-13-18/h4-7,10-11,16,18,20H,3,8-9,12-15,17H2,1-2H3. The number of fused-ring (bicyclic) bond motifs is 1. The molecule has 7 nitrogen and oxygen atoms in total. The molecule has 2 aliphatic heterocycles. The van der Waals surface area contributed by atoms with E-state index in [1.165, 1.54) is 23.5 Å². The number of carbonyl (C=O) groups is 1. The van der Waals surface area contributed by atoms with E-state index in [1.807, 2.05) is 31.2 Å². The third-order valence-corrected chi connectivity index (χ3v) is 8.37. The Labute approximate surface area is 195 Å². The molecule has 0 spiro atoms. The van der Waals surface area contributed by atoms with Crippen molar-refractivity contribution in [3.63, 3.8) is 0 Å². The molecule has 2 aromatic rings. The maximum atomic E-state index is 13.8. The average Bonchev–Trinajstić information content (AvgIpc) is 2.86. The van der Waals surface area contributed by atoms with Crippen molar-refractivity contribution in [2.24, 2.45) is 5.92 Å². The normalized spacial score (nSPS) is 19.1. The summed E-state index contributed by atoms with van der Waals surface area (Å²) in [4.78, 5) is 12.6. The summed E-state index contributed by atoms with van der Waals surface area (Å²) < 4.78 is 45.4. The lowest BCUT2D eigenvalue weighted by molar-refractivity contribution is 0.0483. The van der Waals surface area contributed by atoms with Crippen LogP contribution in [-0.4, -0.2) is 47.4 Å². The van der Waals surface area contributed by atoms with Gasteiger partial charge in [-0.25, -0.2) is 13.2 Å². The second-order valence-electron chi connectivity index (χ2n) is 8.55. The van der Waals surface area contributed by atoms with E-state index in [0.29, 0.717) is 43.6 Å². The summed E-state index contributed by atoms with van der Waals surface area (Å²) in [5, 5.41) is 0. The van der Waals surface area contributed by atoms with E-state index in [4.69, 9.17) is 14.2 Å². The number of ether oxygens (including phenoxy) is 3. The number of rotatable bonds is 7. The van der Waals surface area contributed by atoms with Gasteiger partial charge in [0.1, 0.15) is 11.3 Å². The van der Waals surface area contributed by atoms with Gasteiger partial charge in [-0.05, 0) is 67.9 Å². The zero-order chi connectivity index (χ0) is 23.4. The number of sulfonamides is 1. The highest BCUT2D eigenvalue weighted by Crippen LogP contribution is 2.37. The van der Waals surface area contributed by atoms with Gasteiger partial charge in [0.15, 0.2) is 0 Å². The fourth-order valence-electron chi connectivity index (χ4n) is 4.57. The van der Waals surface area contributed by atoms with Gasteiger partial charge in [-0.2, -0.15) is 0 Å². The molecule has 178 valence electrons. The Morgan fingerprint density at radius 3 is 2.61 bits per heavy atom. The molecule has 8 heteroatoms. The number of benzene rings is 2. The highest BCUT2D eigenvalue weighted by Gasteiger charge is 2.35. The zero-order valence-corrected chi connectivity index (χ0v) is 20.0. The Balaban J connectivity index is 1.68. The largest absolute Gasteiger partial charge is 0.492 e. The van der Waals surface area contributed by atoms with Gasteiger partial charge in [0.25, 0.3) is 10.0 Å². The van der Waals surface area contributed by atoms with Crippen LogP contribution in [0.1, 0.15) is 48.5 Å². The number of aryl methyl sites for hydroxylation is 1. The van der Waals surface area contributed by atoms with Gasteiger partial charge in [-0.15, -0.1) is 0 Å². The fourth-order valence-corrected chi connectivity index (χ4v) is 6.39. The Morgan fingerprint density at radius 2 is 1.88 bits per heavy atom. The van der Waals surface area contributed by atoms with Crippen LogP contribution in [0.4, 0.5) is 5.69 Å². The van der Waals surface area contributed by atoms with Crippen molar-refractivity contribution in [2.45, 2.75) is 50.0 Å². The van der Waals surface area contributed by atoms with Crippen LogP contribution in [0.25, 0.3) is 0 Å². The van der Waals surface area contributed by atoms with E-state index < -0.39 is 16.0 Å². The number of carbonyl (C=O) groups excluding carboxylic acids is 1. The summed E-state index contributed by atoms with van der Waals surface area (Å²) in [6, 6.07) is 11.9. The van der Waals surface area contributed by atoms with Crippen LogP contribution in [0.3, 0.4) is 0 Å². The van der Waals surface area contributed by atoms with E-state index in [-0.39, 0.29) is 16.5 Å². The molecule has 0 aromatic heterocycles. The van der Waals surface area contributed by atoms with Crippen molar-refractivity contribution in [1.29, 1.82) is 0 Å². The van der Waals surface area contributed by atoms with Crippen LogP contribution in [0.5, 0.6) is 5.75 Å². The lowest BCUT2D eigenvalue weighted by Crippen LogP contribution is -2.43. The van der Waals surface area contributed by atoms with E-state index >= 15 is 0 Å². The van der Waals surface area contributed by atoms with Gasteiger partial charge < -0.3 is 14.2 Å². The summed E-state index contributed by atoms with van der Waals surface area (Å²) in [6.45, 7) is 3.83. The van der Waals surface area contributed by atoms with Crippen LogP contribution >= 0.6 is 0 Å². The topological polar surface area (TPSA) is 82.1 Å². The summed E-state index contributed by atoms with van der Waals surface area (Å²) in [7, 11) is -2.62. The first-order valence-electron chi connectivity index (χ1n) is 11.5. The van der Waals surface area contributed by atoms with Gasteiger partial charge in [-0.1, -0.05) is 25.1 Å². The quantitative estimate of drug-likeness (QED) is 0.561.